The highest BCUT2D eigenvalue weighted by atomic mass is 35.5. The van der Waals surface area contributed by atoms with Gasteiger partial charge in [0.15, 0.2) is 0 Å². The molecule has 2 aromatic carbocycles. The Morgan fingerprint density at radius 2 is 1.79 bits per heavy atom. The topological polar surface area (TPSA) is 75.3 Å². The van der Waals surface area contributed by atoms with E-state index in [4.69, 9.17) is 11.6 Å². The number of carbonyl (C=O) groups excluding carboxylic acids is 1. The number of nitrogens with one attached hydrogen (secondary N) is 2. The molecular formula is C20H17ClN2O3S2. The Bertz CT molecular complexity index is 1080. The Morgan fingerprint density at radius 1 is 1.04 bits per heavy atom. The van der Waals surface area contributed by atoms with Crippen molar-refractivity contribution in [1.29, 1.82) is 0 Å². The van der Waals surface area contributed by atoms with E-state index in [-0.39, 0.29) is 10.8 Å². The SMILES string of the molecule is O=C(/C=C/c1ccc(S(=O)(=O)Nc2ccccc2Cl)cc1)NCc1cccs1. The molecule has 0 spiro atoms. The summed E-state index contributed by atoms with van der Waals surface area (Å²) in [5, 5.41) is 5.06. The van der Waals surface area contributed by atoms with Crippen molar-refractivity contribution >= 4 is 50.6 Å². The summed E-state index contributed by atoms with van der Waals surface area (Å²) in [5.74, 6) is -0.217. The smallest absolute Gasteiger partial charge is 0.261 e. The molecular weight excluding hydrogens is 416 g/mol. The van der Waals surface area contributed by atoms with Crippen LogP contribution in [0.3, 0.4) is 0 Å². The standard InChI is InChI=1S/C20H17ClN2O3S2/c21-18-5-1-2-6-19(18)23-28(25,26)17-10-7-15(8-11-17)9-12-20(24)22-14-16-4-3-13-27-16/h1-13,23H,14H2,(H,22,24)/b12-9+. The minimum absolute atomic E-state index is 0.103. The van der Waals surface area contributed by atoms with Crippen LogP contribution in [0.15, 0.2) is 77.0 Å². The molecule has 8 heteroatoms. The quantitative estimate of drug-likeness (QED) is 0.538. The molecule has 0 saturated carbocycles. The number of carbonyl (C=O) groups is 1. The number of benzene rings is 2. The number of hydrogen-bond donors (Lipinski definition) is 2. The molecule has 144 valence electrons. The number of thiophene rings is 1. The molecule has 0 atom stereocenters. The molecule has 2 N–H and O–H groups in total. The fourth-order valence-corrected chi connectivity index (χ4v) is 4.29. The fourth-order valence-electron chi connectivity index (χ4n) is 2.32. The van der Waals surface area contributed by atoms with Gasteiger partial charge in [0, 0.05) is 11.0 Å². The Hall–Kier alpha value is -2.61. The molecule has 0 fully saturated rings. The number of hydrogen-bond acceptors (Lipinski definition) is 4. The zero-order valence-corrected chi connectivity index (χ0v) is 17.0. The monoisotopic (exact) mass is 432 g/mol. The number of para-hydroxylation sites is 1. The zero-order valence-electron chi connectivity index (χ0n) is 14.6. The third kappa shape index (κ3) is 5.45. The first kappa shape index (κ1) is 20.1. The van der Waals surface area contributed by atoms with Crippen molar-refractivity contribution in [3.8, 4) is 0 Å². The predicted octanol–water partition coefficient (Wildman–Crippen LogP) is 4.53. The summed E-state index contributed by atoms with van der Waals surface area (Å²) >= 11 is 7.57. The molecule has 0 radical (unpaired) electrons. The first-order chi connectivity index (χ1) is 13.4. The van der Waals surface area contributed by atoms with E-state index in [2.05, 4.69) is 10.0 Å². The van der Waals surface area contributed by atoms with Gasteiger partial charge in [-0.15, -0.1) is 11.3 Å². The maximum atomic E-state index is 12.5. The summed E-state index contributed by atoms with van der Waals surface area (Å²) in [6.45, 7) is 0.478. The second-order valence-corrected chi connectivity index (χ2v) is 8.91. The van der Waals surface area contributed by atoms with Crippen LogP contribution in [0.1, 0.15) is 10.4 Å². The van der Waals surface area contributed by atoms with E-state index >= 15 is 0 Å². The van der Waals surface area contributed by atoms with Crippen molar-refractivity contribution < 1.29 is 13.2 Å². The van der Waals surface area contributed by atoms with Gasteiger partial charge in [-0.1, -0.05) is 41.9 Å². The van der Waals surface area contributed by atoms with E-state index in [0.717, 1.165) is 4.88 Å². The molecule has 0 bridgehead atoms. The van der Waals surface area contributed by atoms with Crippen molar-refractivity contribution in [1.82, 2.24) is 5.32 Å². The van der Waals surface area contributed by atoms with Gasteiger partial charge in [0.25, 0.3) is 10.0 Å². The van der Waals surface area contributed by atoms with E-state index in [9.17, 15) is 13.2 Å². The van der Waals surface area contributed by atoms with E-state index in [0.29, 0.717) is 22.8 Å². The van der Waals surface area contributed by atoms with Crippen molar-refractivity contribution in [2.75, 3.05) is 4.72 Å². The lowest BCUT2D eigenvalue weighted by Gasteiger charge is -2.09. The van der Waals surface area contributed by atoms with Crippen LogP contribution in [0.5, 0.6) is 0 Å². The van der Waals surface area contributed by atoms with Gasteiger partial charge in [0.1, 0.15) is 0 Å². The van der Waals surface area contributed by atoms with Gasteiger partial charge in [-0.25, -0.2) is 8.42 Å². The van der Waals surface area contributed by atoms with Gasteiger partial charge in [-0.05, 0) is 47.4 Å². The lowest BCUT2D eigenvalue weighted by molar-refractivity contribution is -0.116. The second-order valence-electron chi connectivity index (χ2n) is 5.78. The van der Waals surface area contributed by atoms with Crippen molar-refractivity contribution in [3.05, 3.63) is 87.6 Å². The number of halogens is 1. The third-order valence-corrected chi connectivity index (χ3v) is 6.34. The summed E-state index contributed by atoms with van der Waals surface area (Å²) in [4.78, 5) is 13.0. The average molecular weight is 433 g/mol. The number of anilines is 1. The molecule has 1 aromatic heterocycles. The van der Waals surface area contributed by atoms with Crippen LogP contribution >= 0.6 is 22.9 Å². The van der Waals surface area contributed by atoms with Crippen LogP contribution < -0.4 is 10.0 Å². The van der Waals surface area contributed by atoms with Gasteiger partial charge in [-0.2, -0.15) is 0 Å². The summed E-state index contributed by atoms with van der Waals surface area (Å²) in [7, 11) is -3.75. The van der Waals surface area contributed by atoms with E-state index < -0.39 is 10.0 Å². The van der Waals surface area contributed by atoms with Crippen molar-refractivity contribution in [2.24, 2.45) is 0 Å². The summed E-state index contributed by atoms with van der Waals surface area (Å²) < 4.78 is 27.4. The van der Waals surface area contributed by atoms with Crippen LogP contribution in [0.2, 0.25) is 5.02 Å². The normalized spacial score (nSPS) is 11.5. The molecule has 0 aliphatic heterocycles. The van der Waals surface area contributed by atoms with E-state index in [1.807, 2.05) is 17.5 Å². The van der Waals surface area contributed by atoms with Crippen LogP contribution in [0.4, 0.5) is 5.69 Å². The lowest BCUT2D eigenvalue weighted by Crippen LogP contribution is -2.19. The predicted molar refractivity (Wildman–Crippen MR) is 114 cm³/mol. The highest BCUT2D eigenvalue weighted by Crippen LogP contribution is 2.24. The average Bonchev–Trinajstić information content (AvgIpc) is 3.20. The second kappa shape index (κ2) is 9.05. The largest absolute Gasteiger partial charge is 0.348 e. The Morgan fingerprint density at radius 3 is 2.46 bits per heavy atom. The number of amides is 1. The van der Waals surface area contributed by atoms with Crippen molar-refractivity contribution in [2.45, 2.75) is 11.4 Å². The van der Waals surface area contributed by atoms with Crippen LogP contribution in [0, 0.1) is 0 Å². The molecule has 0 unspecified atom stereocenters. The summed E-state index contributed by atoms with van der Waals surface area (Å²) in [6.07, 6.45) is 3.04. The Balaban J connectivity index is 1.62. The molecule has 3 rings (SSSR count). The van der Waals surface area contributed by atoms with Gasteiger partial charge in [-0.3, -0.25) is 9.52 Å². The fraction of sp³-hybridized carbons (Fsp3) is 0.0500. The summed E-state index contributed by atoms with van der Waals surface area (Å²) in [5.41, 5.74) is 1.03. The number of sulfonamides is 1. The van der Waals surface area contributed by atoms with Crippen LogP contribution in [-0.4, -0.2) is 14.3 Å². The minimum atomic E-state index is -3.75. The maximum Gasteiger partial charge on any atom is 0.261 e. The first-order valence-electron chi connectivity index (χ1n) is 8.30. The van der Waals surface area contributed by atoms with Crippen LogP contribution in [-0.2, 0) is 21.4 Å². The molecule has 0 saturated heterocycles. The van der Waals surface area contributed by atoms with Crippen molar-refractivity contribution in [3.63, 3.8) is 0 Å². The third-order valence-electron chi connectivity index (χ3n) is 3.75. The van der Waals surface area contributed by atoms with Crippen LogP contribution in [0.25, 0.3) is 6.08 Å². The lowest BCUT2D eigenvalue weighted by atomic mass is 10.2. The number of rotatable bonds is 7. The molecule has 5 nitrogen and oxygen atoms in total. The molecule has 28 heavy (non-hydrogen) atoms. The molecule has 1 amide bonds. The highest BCUT2D eigenvalue weighted by Gasteiger charge is 2.15. The van der Waals surface area contributed by atoms with Gasteiger partial charge >= 0.3 is 0 Å². The summed E-state index contributed by atoms with van der Waals surface area (Å²) in [6, 6.07) is 16.7. The Kier molecular flexibility index (Phi) is 6.51. The molecule has 0 aliphatic carbocycles. The molecule has 3 aromatic rings. The van der Waals surface area contributed by atoms with Gasteiger partial charge in [0.05, 0.1) is 22.2 Å². The molecule has 1 heterocycles. The first-order valence-corrected chi connectivity index (χ1v) is 11.0. The zero-order chi connectivity index (χ0) is 20.0. The molecule has 0 aliphatic rings. The van der Waals surface area contributed by atoms with Gasteiger partial charge < -0.3 is 5.32 Å². The van der Waals surface area contributed by atoms with E-state index in [1.54, 1.807) is 53.8 Å². The maximum absolute atomic E-state index is 12.5. The highest BCUT2D eigenvalue weighted by molar-refractivity contribution is 7.92. The van der Waals surface area contributed by atoms with Gasteiger partial charge in [0.2, 0.25) is 5.91 Å². The van der Waals surface area contributed by atoms with E-state index in [1.165, 1.54) is 18.2 Å². The minimum Gasteiger partial charge on any atom is -0.348 e. The Labute approximate surface area is 172 Å².